The van der Waals surface area contributed by atoms with Gasteiger partial charge in [0.1, 0.15) is 24.8 Å². The van der Waals surface area contributed by atoms with Gasteiger partial charge in [0.05, 0.1) is 36.3 Å². The molecule has 0 spiro atoms. The Balaban J connectivity index is 0.923. The van der Waals surface area contributed by atoms with Crippen LogP contribution in [0.25, 0.3) is 11.0 Å². The molecule has 316 valence electrons. The number of nitrogens with one attached hydrogen (secondary N) is 1. The molecule has 6 heterocycles. The van der Waals surface area contributed by atoms with E-state index in [1.807, 2.05) is 74.2 Å². The van der Waals surface area contributed by atoms with E-state index in [4.69, 9.17) is 15.2 Å². The molecule has 3 N–H and O–H groups in total. The van der Waals surface area contributed by atoms with Gasteiger partial charge in [0, 0.05) is 58.3 Å². The second-order valence-corrected chi connectivity index (χ2v) is 17.9. The molecule has 2 bridgehead atoms. The first kappa shape index (κ1) is 40.9. The first-order valence-corrected chi connectivity index (χ1v) is 20.9. The van der Waals surface area contributed by atoms with Crippen LogP contribution < -0.4 is 16.7 Å². The number of rotatable bonds is 9. The average molecular weight is 813 g/mol. The fourth-order valence-electron chi connectivity index (χ4n) is 9.60. The van der Waals surface area contributed by atoms with Gasteiger partial charge in [-0.25, -0.2) is 4.79 Å². The summed E-state index contributed by atoms with van der Waals surface area (Å²) in [7, 11) is 1.69. The second kappa shape index (κ2) is 16.3. The van der Waals surface area contributed by atoms with Gasteiger partial charge in [0.2, 0.25) is 29.5 Å². The number of piperazine rings is 1. The minimum absolute atomic E-state index is 0.136. The maximum absolute atomic E-state index is 14.4. The van der Waals surface area contributed by atoms with Crippen LogP contribution in [-0.2, 0) is 47.0 Å². The summed E-state index contributed by atoms with van der Waals surface area (Å²) in [5, 5.41) is 2.36. The van der Waals surface area contributed by atoms with E-state index < -0.39 is 35.6 Å². The first-order chi connectivity index (χ1) is 28.2. The Kier molecular flexibility index (Phi) is 11.3. The van der Waals surface area contributed by atoms with Crippen molar-refractivity contribution in [2.45, 2.75) is 102 Å². The number of imide groups is 1. The molecule has 2 aromatic carbocycles. The number of aromatic nitrogens is 2. The zero-order valence-corrected chi connectivity index (χ0v) is 34.4. The molecular weight excluding hydrogens is 757 g/mol. The third kappa shape index (κ3) is 7.95. The van der Waals surface area contributed by atoms with Crippen molar-refractivity contribution >= 4 is 40.6 Å². The second-order valence-electron chi connectivity index (χ2n) is 17.9. The highest BCUT2D eigenvalue weighted by Gasteiger charge is 2.48. The molecule has 7 atom stereocenters. The molecule has 3 unspecified atom stereocenters. The highest BCUT2D eigenvalue weighted by atomic mass is 16.5. The molecule has 59 heavy (non-hydrogen) atoms. The Morgan fingerprint density at radius 3 is 2.34 bits per heavy atom. The first-order valence-electron chi connectivity index (χ1n) is 20.9. The number of ether oxygens (including phenoxy) is 2. The lowest BCUT2D eigenvalue weighted by Gasteiger charge is -2.41. The predicted octanol–water partition coefficient (Wildman–Crippen LogP) is 1.45. The van der Waals surface area contributed by atoms with Crippen molar-refractivity contribution in [2.75, 3.05) is 45.9 Å². The number of likely N-dealkylation sites (tertiary alicyclic amines) is 2. The Bertz CT molecular complexity index is 2170. The van der Waals surface area contributed by atoms with Crippen molar-refractivity contribution in [1.29, 1.82) is 0 Å². The minimum Gasteiger partial charge on any atom is -0.370 e. The number of amides is 5. The van der Waals surface area contributed by atoms with Gasteiger partial charge in [-0.2, -0.15) is 0 Å². The van der Waals surface area contributed by atoms with Crippen LogP contribution in [0.3, 0.4) is 0 Å². The highest BCUT2D eigenvalue weighted by Crippen LogP contribution is 2.34. The zero-order valence-electron chi connectivity index (χ0n) is 34.4. The van der Waals surface area contributed by atoms with Crippen molar-refractivity contribution in [3.8, 4) is 0 Å². The van der Waals surface area contributed by atoms with Crippen LogP contribution in [0.5, 0.6) is 0 Å². The number of carbonyl (C=O) groups excluding carboxylic acids is 5. The predicted molar refractivity (Wildman–Crippen MR) is 217 cm³/mol. The molecule has 0 aliphatic carbocycles. The fraction of sp³-hybridized carbons (Fsp3) is 0.581. The topological polar surface area (TPSA) is 182 Å². The van der Waals surface area contributed by atoms with E-state index in [9.17, 15) is 28.8 Å². The van der Waals surface area contributed by atoms with E-state index in [2.05, 4.69) is 10.2 Å². The summed E-state index contributed by atoms with van der Waals surface area (Å²) < 4.78 is 15.4. The molecule has 5 fully saturated rings. The molecule has 1 aromatic heterocycles. The highest BCUT2D eigenvalue weighted by molar-refractivity contribution is 6.00. The SMILES string of the molecule is Cn1c(=O)n(C2CCC(=O)NC2=O)c2ccc(CN3C4CCC3CN(C(=O)CO[C@@H]3CCN(C(=O)[C@@H](N)C(C)(C)C)[C@@H]3C(=O)N3CCO[C@H](c5ccccc5)C3)C4)cc21. The molecule has 3 aromatic rings. The van der Waals surface area contributed by atoms with Gasteiger partial charge >= 0.3 is 5.69 Å². The van der Waals surface area contributed by atoms with E-state index in [0.29, 0.717) is 63.3 Å². The molecule has 5 aliphatic rings. The smallest absolute Gasteiger partial charge is 0.329 e. The number of nitrogens with zero attached hydrogens (tertiary/aromatic N) is 6. The summed E-state index contributed by atoms with van der Waals surface area (Å²) in [6.45, 7) is 8.60. The van der Waals surface area contributed by atoms with Crippen LogP contribution in [0.4, 0.5) is 0 Å². The van der Waals surface area contributed by atoms with Crippen molar-refractivity contribution in [2.24, 2.45) is 18.2 Å². The number of piperidine rings is 1. The summed E-state index contributed by atoms with van der Waals surface area (Å²) in [6, 6.07) is 13.4. The monoisotopic (exact) mass is 812 g/mol. The van der Waals surface area contributed by atoms with Gasteiger partial charge in [-0.3, -0.25) is 43.3 Å². The van der Waals surface area contributed by atoms with Crippen LogP contribution in [0.1, 0.15) is 76.1 Å². The van der Waals surface area contributed by atoms with E-state index in [1.54, 1.807) is 21.4 Å². The number of fused-ring (bicyclic) bond motifs is 3. The largest absolute Gasteiger partial charge is 0.370 e. The quantitative estimate of drug-likeness (QED) is 0.301. The molecule has 16 heteroatoms. The van der Waals surface area contributed by atoms with Crippen molar-refractivity contribution in [3.63, 3.8) is 0 Å². The molecule has 5 saturated heterocycles. The van der Waals surface area contributed by atoms with Gasteiger partial charge in [-0.05, 0) is 54.4 Å². The van der Waals surface area contributed by atoms with E-state index in [1.165, 1.54) is 4.57 Å². The molecule has 16 nitrogen and oxygen atoms in total. The van der Waals surface area contributed by atoms with Gasteiger partial charge in [0.25, 0.3) is 0 Å². The lowest BCUT2D eigenvalue weighted by Crippen LogP contribution is -2.59. The lowest BCUT2D eigenvalue weighted by molar-refractivity contribution is -0.156. The third-order valence-corrected chi connectivity index (χ3v) is 13.1. The number of aryl methyl sites for hydroxylation is 1. The summed E-state index contributed by atoms with van der Waals surface area (Å²) in [6.07, 6.45) is 1.77. The van der Waals surface area contributed by atoms with Crippen LogP contribution in [0, 0.1) is 5.41 Å². The molecule has 5 amide bonds. The number of carbonyl (C=O) groups is 5. The number of hydrogen-bond acceptors (Lipinski definition) is 10. The van der Waals surface area contributed by atoms with Crippen LogP contribution in [0.2, 0.25) is 0 Å². The third-order valence-electron chi connectivity index (χ3n) is 13.1. The fourth-order valence-corrected chi connectivity index (χ4v) is 9.60. The van der Waals surface area contributed by atoms with Crippen molar-refractivity contribution in [1.82, 2.24) is 34.1 Å². The van der Waals surface area contributed by atoms with Gasteiger partial charge < -0.3 is 29.9 Å². The van der Waals surface area contributed by atoms with E-state index in [-0.39, 0.29) is 67.0 Å². The summed E-state index contributed by atoms with van der Waals surface area (Å²) >= 11 is 0. The number of hydrogen-bond donors (Lipinski definition) is 2. The number of nitrogens with two attached hydrogens (primary N) is 1. The van der Waals surface area contributed by atoms with Crippen molar-refractivity contribution < 1.29 is 33.4 Å². The van der Waals surface area contributed by atoms with Crippen LogP contribution in [-0.4, -0.2) is 134 Å². The minimum atomic E-state index is -0.913. The Morgan fingerprint density at radius 2 is 1.64 bits per heavy atom. The molecule has 5 aliphatic heterocycles. The van der Waals surface area contributed by atoms with Gasteiger partial charge in [-0.1, -0.05) is 57.2 Å². The number of benzene rings is 2. The van der Waals surface area contributed by atoms with Crippen LogP contribution in [0.15, 0.2) is 53.3 Å². The molecular formula is C43H56N8O8. The van der Waals surface area contributed by atoms with Crippen molar-refractivity contribution in [3.05, 3.63) is 70.1 Å². The zero-order chi connectivity index (χ0) is 41.7. The maximum Gasteiger partial charge on any atom is 0.329 e. The van der Waals surface area contributed by atoms with Crippen LogP contribution >= 0.6 is 0 Å². The normalized spacial score (nSPS) is 27.0. The van der Waals surface area contributed by atoms with Gasteiger partial charge in [0.15, 0.2) is 0 Å². The summed E-state index contributed by atoms with van der Waals surface area (Å²) in [5.74, 6) is -1.47. The standard InChI is InChI=1S/C43H56N8O8/c1-43(2,3)38(44)41(56)49-17-16-33(37(49)40(55)47-18-19-58-34(24-47)27-8-6-5-7-9-27)59-25-36(53)48-22-28-11-12-29(23-48)50(28)21-26-10-13-30-32(20-26)46(4)42(57)51(30)31-14-15-35(52)45-39(31)54/h5-10,13,20,28-29,31,33-34,37-38H,11-12,14-19,21-25,44H2,1-4H3,(H,45,52,54)/t28?,29?,31?,33-,34+,37+,38-/m1/s1. The Hall–Kier alpha value is -4.90. The van der Waals surface area contributed by atoms with Gasteiger partial charge in [-0.15, -0.1) is 0 Å². The van der Waals surface area contributed by atoms with E-state index >= 15 is 0 Å². The Morgan fingerprint density at radius 1 is 0.915 bits per heavy atom. The number of imidazole rings is 1. The summed E-state index contributed by atoms with van der Waals surface area (Å²) in [4.78, 5) is 87.5. The average Bonchev–Trinajstić information content (AvgIpc) is 3.83. The molecule has 0 radical (unpaired) electrons. The lowest BCUT2D eigenvalue weighted by atomic mass is 9.86. The number of morpholine rings is 1. The summed E-state index contributed by atoms with van der Waals surface area (Å²) in [5.41, 5.74) is 8.99. The maximum atomic E-state index is 14.4. The Labute approximate surface area is 343 Å². The molecule has 8 rings (SSSR count). The molecule has 0 saturated carbocycles. The van der Waals surface area contributed by atoms with E-state index in [0.717, 1.165) is 24.0 Å².